The number of aryl methyl sites for hydroxylation is 1. The molecule has 0 bridgehead atoms. The fourth-order valence-electron chi connectivity index (χ4n) is 1.49. The van der Waals surface area contributed by atoms with Gasteiger partial charge >= 0.3 is 5.97 Å². The second-order valence-corrected chi connectivity index (χ2v) is 4.87. The smallest absolute Gasteiger partial charge is 0.337 e. The lowest BCUT2D eigenvalue weighted by Crippen LogP contribution is -2.05. The van der Waals surface area contributed by atoms with Gasteiger partial charge in [-0.05, 0) is 19.1 Å². The number of aromatic nitrogens is 1. The Hall–Kier alpha value is -1.88. The van der Waals surface area contributed by atoms with Crippen molar-refractivity contribution in [3.63, 3.8) is 0 Å². The van der Waals surface area contributed by atoms with Crippen molar-refractivity contribution in [2.45, 2.75) is 13.5 Å². The zero-order valence-electron chi connectivity index (χ0n) is 9.30. The van der Waals surface area contributed by atoms with E-state index in [1.807, 2.05) is 13.0 Å². The van der Waals surface area contributed by atoms with Crippen LogP contribution in [0.3, 0.4) is 0 Å². The first kappa shape index (κ1) is 11.6. The number of thiazole rings is 1. The van der Waals surface area contributed by atoms with Gasteiger partial charge in [0, 0.05) is 16.8 Å². The standard InChI is InChI=1S/C12H12N2O2S/c1-8-13-6-9(17-8)7-14-11-5-3-2-4-10(11)12(15)16/h2-6,14H,7H2,1H3,(H,15,16). The van der Waals surface area contributed by atoms with Gasteiger partial charge in [0.1, 0.15) is 0 Å². The zero-order valence-corrected chi connectivity index (χ0v) is 10.1. The third kappa shape index (κ3) is 2.82. The minimum absolute atomic E-state index is 0.286. The first-order valence-corrected chi connectivity index (χ1v) is 5.96. The average molecular weight is 248 g/mol. The molecule has 0 aliphatic heterocycles. The first-order valence-electron chi connectivity index (χ1n) is 5.14. The van der Waals surface area contributed by atoms with Gasteiger partial charge in [0.2, 0.25) is 0 Å². The van der Waals surface area contributed by atoms with E-state index < -0.39 is 5.97 Å². The largest absolute Gasteiger partial charge is 0.478 e. The summed E-state index contributed by atoms with van der Waals surface area (Å²) in [6.45, 7) is 2.54. The predicted molar refractivity (Wildman–Crippen MR) is 67.6 cm³/mol. The Morgan fingerprint density at radius 3 is 2.88 bits per heavy atom. The molecule has 0 saturated heterocycles. The molecule has 1 aromatic heterocycles. The molecule has 2 N–H and O–H groups in total. The lowest BCUT2D eigenvalue weighted by Gasteiger charge is -2.07. The number of nitrogens with one attached hydrogen (secondary N) is 1. The summed E-state index contributed by atoms with van der Waals surface area (Å²) in [6, 6.07) is 6.87. The summed E-state index contributed by atoms with van der Waals surface area (Å²) in [5.74, 6) is -0.923. The number of anilines is 1. The number of carboxylic acid groups (broad SMARTS) is 1. The minimum Gasteiger partial charge on any atom is -0.478 e. The van der Waals surface area contributed by atoms with Crippen LogP contribution in [0.5, 0.6) is 0 Å². The van der Waals surface area contributed by atoms with Crippen LogP contribution >= 0.6 is 11.3 Å². The van der Waals surface area contributed by atoms with Crippen molar-refractivity contribution in [3.05, 3.63) is 45.9 Å². The van der Waals surface area contributed by atoms with E-state index in [4.69, 9.17) is 5.11 Å². The van der Waals surface area contributed by atoms with Crippen molar-refractivity contribution in [3.8, 4) is 0 Å². The van der Waals surface area contributed by atoms with Crippen LogP contribution in [0.2, 0.25) is 0 Å². The van der Waals surface area contributed by atoms with Gasteiger partial charge in [0.15, 0.2) is 0 Å². The molecule has 0 aliphatic carbocycles. The molecule has 1 heterocycles. The Morgan fingerprint density at radius 2 is 2.24 bits per heavy atom. The topological polar surface area (TPSA) is 62.2 Å². The van der Waals surface area contributed by atoms with Crippen LogP contribution in [0.25, 0.3) is 0 Å². The number of benzene rings is 1. The number of hydrogen-bond acceptors (Lipinski definition) is 4. The average Bonchev–Trinajstić information content (AvgIpc) is 2.73. The van der Waals surface area contributed by atoms with Crippen LogP contribution in [0.4, 0.5) is 5.69 Å². The summed E-state index contributed by atoms with van der Waals surface area (Å²) < 4.78 is 0. The summed E-state index contributed by atoms with van der Waals surface area (Å²) in [5, 5.41) is 13.1. The molecule has 0 saturated carbocycles. The van der Waals surface area contributed by atoms with E-state index in [-0.39, 0.29) is 5.56 Å². The Balaban J connectivity index is 2.11. The highest BCUT2D eigenvalue weighted by Crippen LogP contribution is 2.18. The molecule has 2 rings (SSSR count). The third-order valence-electron chi connectivity index (χ3n) is 2.28. The van der Waals surface area contributed by atoms with Gasteiger partial charge in [0.05, 0.1) is 17.1 Å². The van der Waals surface area contributed by atoms with Gasteiger partial charge in [-0.15, -0.1) is 11.3 Å². The molecule has 1 aromatic carbocycles. The van der Waals surface area contributed by atoms with Gasteiger partial charge in [-0.25, -0.2) is 9.78 Å². The highest BCUT2D eigenvalue weighted by Gasteiger charge is 2.08. The molecule has 0 amide bonds. The molecule has 5 heteroatoms. The van der Waals surface area contributed by atoms with E-state index in [2.05, 4.69) is 10.3 Å². The quantitative estimate of drug-likeness (QED) is 0.873. The van der Waals surface area contributed by atoms with Gasteiger partial charge < -0.3 is 10.4 Å². The van der Waals surface area contributed by atoms with Gasteiger partial charge in [-0.2, -0.15) is 0 Å². The first-order chi connectivity index (χ1) is 8.16. The molecule has 0 atom stereocenters. The van der Waals surface area contributed by atoms with E-state index in [0.717, 1.165) is 9.88 Å². The number of hydrogen-bond donors (Lipinski definition) is 2. The fourth-order valence-corrected chi connectivity index (χ4v) is 2.23. The van der Waals surface area contributed by atoms with E-state index in [0.29, 0.717) is 12.2 Å². The summed E-state index contributed by atoms with van der Waals surface area (Å²) in [6.07, 6.45) is 1.80. The number of carbonyl (C=O) groups is 1. The van der Waals surface area contributed by atoms with Crippen LogP contribution in [0.15, 0.2) is 30.5 Å². The number of carboxylic acids is 1. The maximum absolute atomic E-state index is 11.0. The van der Waals surface area contributed by atoms with Gasteiger partial charge in [-0.1, -0.05) is 12.1 Å². The lowest BCUT2D eigenvalue weighted by molar-refractivity contribution is 0.0698. The number of rotatable bonds is 4. The van der Waals surface area contributed by atoms with Gasteiger partial charge in [-0.3, -0.25) is 0 Å². The maximum Gasteiger partial charge on any atom is 0.337 e. The number of nitrogens with zero attached hydrogens (tertiary/aromatic N) is 1. The predicted octanol–water partition coefficient (Wildman–Crippen LogP) is 2.76. The molecule has 0 aliphatic rings. The van der Waals surface area contributed by atoms with Crippen molar-refractivity contribution in [2.75, 3.05) is 5.32 Å². The zero-order chi connectivity index (χ0) is 12.3. The van der Waals surface area contributed by atoms with E-state index in [1.165, 1.54) is 0 Å². The van der Waals surface area contributed by atoms with Gasteiger partial charge in [0.25, 0.3) is 0 Å². The van der Waals surface area contributed by atoms with Crippen molar-refractivity contribution in [1.29, 1.82) is 0 Å². The van der Waals surface area contributed by atoms with Crippen molar-refractivity contribution in [1.82, 2.24) is 4.98 Å². The molecule has 0 radical (unpaired) electrons. The summed E-state index contributed by atoms with van der Waals surface area (Å²) in [5.41, 5.74) is 0.916. The van der Waals surface area contributed by atoms with E-state index in [1.54, 1.807) is 35.7 Å². The second-order valence-electron chi connectivity index (χ2n) is 3.55. The van der Waals surface area contributed by atoms with E-state index in [9.17, 15) is 4.79 Å². The Bertz CT molecular complexity index is 537. The number of para-hydroxylation sites is 1. The van der Waals surface area contributed by atoms with Crippen LogP contribution in [-0.2, 0) is 6.54 Å². The Labute approximate surface area is 103 Å². The molecule has 17 heavy (non-hydrogen) atoms. The van der Waals surface area contributed by atoms with Crippen LogP contribution in [0.1, 0.15) is 20.2 Å². The van der Waals surface area contributed by atoms with Crippen LogP contribution in [0, 0.1) is 6.92 Å². The van der Waals surface area contributed by atoms with Crippen molar-refractivity contribution >= 4 is 23.0 Å². The molecule has 0 spiro atoms. The van der Waals surface area contributed by atoms with Crippen molar-refractivity contribution < 1.29 is 9.90 Å². The lowest BCUT2D eigenvalue weighted by atomic mass is 10.2. The Morgan fingerprint density at radius 1 is 1.47 bits per heavy atom. The molecule has 0 fully saturated rings. The van der Waals surface area contributed by atoms with Crippen LogP contribution < -0.4 is 5.32 Å². The molecule has 4 nitrogen and oxygen atoms in total. The maximum atomic E-state index is 11.0. The number of aromatic carboxylic acids is 1. The van der Waals surface area contributed by atoms with Crippen molar-refractivity contribution in [2.24, 2.45) is 0 Å². The highest BCUT2D eigenvalue weighted by atomic mass is 32.1. The molecule has 88 valence electrons. The highest BCUT2D eigenvalue weighted by molar-refractivity contribution is 7.11. The van der Waals surface area contributed by atoms with Crippen LogP contribution in [-0.4, -0.2) is 16.1 Å². The summed E-state index contributed by atoms with van der Waals surface area (Å²) in [4.78, 5) is 16.2. The summed E-state index contributed by atoms with van der Waals surface area (Å²) >= 11 is 1.60. The Kier molecular flexibility index (Phi) is 3.39. The normalized spacial score (nSPS) is 10.2. The second kappa shape index (κ2) is 4.97. The third-order valence-corrected chi connectivity index (χ3v) is 3.19. The van der Waals surface area contributed by atoms with E-state index >= 15 is 0 Å². The molecular weight excluding hydrogens is 236 g/mol. The fraction of sp³-hybridized carbons (Fsp3) is 0.167. The molecular formula is C12H12N2O2S. The molecule has 2 aromatic rings. The SMILES string of the molecule is Cc1ncc(CNc2ccccc2C(=O)O)s1. The summed E-state index contributed by atoms with van der Waals surface area (Å²) in [7, 11) is 0. The molecule has 0 unspecified atom stereocenters. The minimum atomic E-state index is -0.923. The monoisotopic (exact) mass is 248 g/mol.